The molecule has 3 aromatic rings. The number of ether oxygens (including phenoxy) is 2. The van der Waals surface area contributed by atoms with E-state index in [1.165, 1.54) is 6.92 Å². The van der Waals surface area contributed by atoms with Crippen molar-refractivity contribution in [3.63, 3.8) is 0 Å². The second-order valence-electron chi connectivity index (χ2n) is 10.8. The first-order valence-electron chi connectivity index (χ1n) is 14.9. The van der Waals surface area contributed by atoms with Gasteiger partial charge in [0.25, 0.3) is 0 Å². The molecule has 1 aliphatic rings. The van der Waals surface area contributed by atoms with Crippen molar-refractivity contribution in [3.05, 3.63) is 101 Å². The Morgan fingerprint density at radius 2 is 1.52 bits per heavy atom. The molecule has 1 heterocycles. The van der Waals surface area contributed by atoms with Crippen LogP contribution in [0.25, 0.3) is 0 Å². The number of hydrogen-bond acceptors (Lipinski definition) is 7. The second kappa shape index (κ2) is 17.0. The lowest BCUT2D eigenvalue weighted by Crippen LogP contribution is -2.31. The Kier molecular flexibility index (Phi) is 12.8. The van der Waals surface area contributed by atoms with Gasteiger partial charge >= 0.3 is 5.97 Å². The van der Waals surface area contributed by atoms with Crippen LogP contribution in [0.1, 0.15) is 84.0 Å². The first-order chi connectivity index (χ1) is 21.3. The van der Waals surface area contributed by atoms with E-state index in [2.05, 4.69) is 10.6 Å². The average Bonchev–Trinajstić information content (AvgIpc) is 3.04. The van der Waals surface area contributed by atoms with Gasteiger partial charge in [-0.1, -0.05) is 55.0 Å². The van der Waals surface area contributed by atoms with E-state index in [1.807, 2.05) is 60.7 Å². The van der Waals surface area contributed by atoms with Crippen LogP contribution >= 0.6 is 11.8 Å². The van der Waals surface area contributed by atoms with Gasteiger partial charge in [-0.05, 0) is 53.8 Å². The zero-order valence-corrected chi connectivity index (χ0v) is 25.7. The normalized spacial score (nSPS) is 18.0. The van der Waals surface area contributed by atoms with E-state index in [4.69, 9.17) is 9.47 Å². The number of unbranched alkanes of at least 4 members (excludes halogenated alkanes) is 2. The summed E-state index contributed by atoms with van der Waals surface area (Å²) in [5, 5.41) is 24.4. The highest BCUT2D eigenvalue weighted by Gasteiger charge is 2.32. The number of benzene rings is 3. The summed E-state index contributed by atoms with van der Waals surface area (Å²) in [6.45, 7) is 2.54. The molecule has 1 fully saturated rings. The van der Waals surface area contributed by atoms with E-state index in [9.17, 15) is 24.6 Å². The first-order valence-corrected chi connectivity index (χ1v) is 15.9. The first kappa shape index (κ1) is 33.2. The van der Waals surface area contributed by atoms with Crippen molar-refractivity contribution < 1.29 is 34.1 Å². The van der Waals surface area contributed by atoms with E-state index >= 15 is 0 Å². The van der Waals surface area contributed by atoms with Crippen LogP contribution in [-0.2, 0) is 32.2 Å². The van der Waals surface area contributed by atoms with Crippen molar-refractivity contribution in [2.24, 2.45) is 0 Å². The molecule has 2 amide bonds. The number of nitrogens with one attached hydrogen (secondary N) is 2. The number of carboxylic acids is 1. The number of aliphatic hydroxyl groups excluding tert-OH is 1. The van der Waals surface area contributed by atoms with Crippen LogP contribution in [0.4, 0.5) is 0 Å². The number of thioether (sulfide) groups is 1. The van der Waals surface area contributed by atoms with Crippen LogP contribution in [0.2, 0.25) is 0 Å². The molecule has 9 nitrogen and oxygen atoms in total. The van der Waals surface area contributed by atoms with E-state index < -0.39 is 12.3 Å². The highest BCUT2D eigenvalue weighted by molar-refractivity contribution is 7.99. The van der Waals surface area contributed by atoms with Gasteiger partial charge in [-0.3, -0.25) is 9.59 Å². The predicted molar refractivity (Wildman–Crippen MR) is 168 cm³/mol. The fourth-order valence-corrected chi connectivity index (χ4v) is 5.76. The molecule has 3 atom stereocenters. The fourth-order valence-electron chi connectivity index (χ4n) is 4.84. The minimum Gasteiger partial charge on any atom is -0.478 e. The van der Waals surface area contributed by atoms with Gasteiger partial charge in [0.15, 0.2) is 6.29 Å². The van der Waals surface area contributed by atoms with Crippen molar-refractivity contribution in [1.82, 2.24) is 10.6 Å². The lowest BCUT2D eigenvalue weighted by molar-refractivity contribution is -0.245. The third kappa shape index (κ3) is 10.5. The largest absolute Gasteiger partial charge is 0.478 e. The summed E-state index contributed by atoms with van der Waals surface area (Å²) in [6.07, 6.45) is 2.68. The summed E-state index contributed by atoms with van der Waals surface area (Å²) in [4.78, 5) is 35.3. The Morgan fingerprint density at radius 3 is 2.18 bits per heavy atom. The maximum absolute atomic E-state index is 12.3. The molecule has 4 rings (SSSR count). The number of carbonyl (C=O) groups excluding carboxylic acids is 2. The van der Waals surface area contributed by atoms with Crippen molar-refractivity contribution >= 4 is 29.5 Å². The molecule has 0 aliphatic carbocycles. The Morgan fingerprint density at radius 1 is 0.841 bits per heavy atom. The summed E-state index contributed by atoms with van der Waals surface area (Å²) in [5.41, 5.74) is 3.93. The van der Waals surface area contributed by atoms with E-state index in [-0.39, 0.29) is 36.2 Å². The molecular weight excluding hydrogens is 580 g/mol. The zero-order chi connectivity index (χ0) is 31.3. The molecule has 1 aliphatic heterocycles. The lowest BCUT2D eigenvalue weighted by Gasteiger charge is -2.36. The number of rotatable bonds is 15. The van der Waals surface area contributed by atoms with Gasteiger partial charge in [-0.15, -0.1) is 11.8 Å². The Bertz CT molecular complexity index is 1360. The molecule has 0 bridgehead atoms. The molecule has 234 valence electrons. The summed E-state index contributed by atoms with van der Waals surface area (Å²) in [5.74, 6) is -0.327. The van der Waals surface area contributed by atoms with Crippen LogP contribution in [-0.4, -0.2) is 46.4 Å². The van der Waals surface area contributed by atoms with E-state index in [0.717, 1.165) is 46.4 Å². The van der Waals surface area contributed by atoms with Crippen LogP contribution in [0.15, 0.2) is 77.7 Å². The third-order valence-corrected chi connectivity index (χ3v) is 8.49. The molecule has 0 spiro atoms. The second-order valence-corrected chi connectivity index (χ2v) is 11.9. The van der Waals surface area contributed by atoms with Crippen LogP contribution in [0.3, 0.4) is 0 Å². The van der Waals surface area contributed by atoms with Crippen LogP contribution < -0.4 is 10.6 Å². The van der Waals surface area contributed by atoms with Crippen molar-refractivity contribution in [1.29, 1.82) is 0 Å². The summed E-state index contributed by atoms with van der Waals surface area (Å²) >= 11 is 1.61. The quantitative estimate of drug-likeness (QED) is 0.129. The number of aromatic carboxylic acids is 1. The molecule has 0 saturated carbocycles. The molecule has 1 saturated heterocycles. The van der Waals surface area contributed by atoms with Gasteiger partial charge in [-0.25, -0.2) is 4.79 Å². The van der Waals surface area contributed by atoms with E-state index in [1.54, 1.807) is 23.9 Å². The smallest absolute Gasteiger partial charge is 0.335 e. The van der Waals surface area contributed by atoms with Crippen LogP contribution in [0.5, 0.6) is 0 Å². The molecule has 10 heteroatoms. The average molecular weight is 621 g/mol. The third-order valence-electron chi connectivity index (χ3n) is 7.35. The Hall–Kier alpha value is -3.70. The van der Waals surface area contributed by atoms with Gasteiger partial charge in [0, 0.05) is 49.1 Å². The Labute approximate surface area is 262 Å². The molecule has 0 unspecified atom stereocenters. The zero-order valence-electron chi connectivity index (χ0n) is 24.9. The van der Waals surface area contributed by atoms with Crippen molar-refractivity contribution in [3.8, 4) is 0 Å². The van der Waals surface area contributed by atoms with E-state index in [0.29, 0.717) is 31.7 Å². The minimum atomic E-state index is -0.952. The van der Waals surface area contributed by atoms with Gasteiger partial charge < -0.3 is 30.3 Å². The molecule has 3 aromatic carbocycles. The predicted octanol–water partition coefficient (Wildman–Crippen LogP) is 5.53. The molecule has 44 heavy (non-hydrogen) atoms. The van der Waals surface area contributed by atoms with Crippen molar-refractivity contribution in [2.75, 3.05) is 12.3 Å². The number of hydrogen-bond donors (Lipinski definition) is 4. The number of aliphatic hydroxyl groups is 1. The highest BCUT2D eigenvalue weighted by atomic mass is 32.2. The maximum atomic E-state index is 12.3. The highest BCUT2D eigenvalue weighted by Crippen LogP contribution is 2.39. The molecule has 0 aromatic heterocycles. The fraction of sp³-hybridized carbons (Fsp3) is 0.382. The standard InChI is InChI=1S/C34H40N2O7S/c1-23(38)35-18-4-2-3-5-32(39)36-20-24-6-12-28(13-7-24)34-42-29(22-44-30-16-14-27(15-17-30)33(40)41)19-31(43-34)26-10-8-25(21-37)9-11-26/h6-17,29,31,34,37H,2-5,18-22H2,1H3,(H,35,38)(H,36,39)(H,40,41)/t29-,31+,34+/m0/s1. The number of carbonyl (C=O) groups is 3. The van der Waals surface area contributed by atoms with Gasteiger partial charge in [0.2, 0.25) is 11.8 Å². The van der Waals surface area contributed by atoms with Gasteiger partial charge in [-0.2, -0.15) is 0 Å². The number of carboxylic acid groups (broad SMARTS) is 1. The monoisotopic (exact) mass is 620 g/mol. The minimum absolute atomic E-state index is 0.000510. The SMILES string of the molecule is CC(=O)NCCCCCC(=O)NCc1ccc([C@@H]2O[C@H](CSc3ccc(C(=O)O)cc3)C[C@H](c3ccc(CO)cc3)O2)cc1. The summed E-state index contributed by atoms with van der Waals surface area (Å²) in [7, 11) is 0. The van der Waals surface area contributed by atoms with Crippen LogP contribution in [0, 0.1) is 0 Å². The number of amides is 2. The summed E-state index contributed by atoms with van der Waals surface area (Å²) < 4.78 is 12.8. The van der Waals surface area contributed by atoms with Crippen molar-refractivity contribution in [2.45, 2.75) is 75.6 Å². The summed E-state index contributed by atoms with van der Waals surface area (Å²) in [6, 6.07) is 22.4. The topological polar surface area (TPSA) is 134 Å². The maximum Gasteiger partial charge on any atom is 0.335 e. The van der Waals surface area contributed by atoms with Gasteiger partial charge in [0.1, 0.15) is 0 Å². The van der Waals surface area contributed by atoms with Gasteiger partial charge in [0.05, 0.1) is 24.4 Å². The molecule has 4 N–H and O–H groups in total. The lowest BCUT2D eigenvalue weighted by atomic mass is 10.0. The molecular formula is C34H40N2O7S. The Balaban J connectivity index is 1.34. The molecule has 0 radical (unpaired) electrons.